The molecular weight excluding hydrogens is 416 g/mol. The lowest BCUT2D eigenvalue weighted by atomic mass is 9.97. The van der Waals surface area contributed by atoms with Gasteiger partial charge in [-0.25, -0.2) is 0 Å². The third kappa shape index (κ3) is 4.25. The monoisotopic (exact) mass is 440 g/mol. The second-order valence-electron chi connectivity index (χ2n) is 8.12. The van der Waals surface area contributed by atoms with Gasteiger partial charge < -0.3 is 5.11 Å². The van der Waals surface area contributed by atoms with Crippen LogP contribution in [0, 0.1) is 0 Å². The molecule has 1 amide bonds. The lowest BCUT2D eigenvalue weighted by Crippen LogP contribution is -2.34. The van der Waals surface area contributed by atoms with Crippen LogP contribution in [0.5, 0.6) is 5.88 Å². The maximum atomic E-state index is 12.4. The average Bonchev–Trinajstić information content (AvgIpc) is 3.14. The molecule has 0 saturated carbocycles. The lowest BCUT2D eigenvalue weighted by molar-refractivity contribution is 0.0994. The van der Waals surface area contributed by atoms with E-state index in [1.165, 1.54) is 11.8 Å². The number of likely N-dealkylation sites (tertiary alicyclic amines) is 1. The van der Waals surface area contributed by atoms with Crippen LogP contribution in [-0.4, -0.2) is 37.0 Å². The molecule has 1 aromatic carbocycles. The summed E-state index contributed by atoms with van der Waals surface area (Å²) in [6.07, 6.45) is 10.0. The van der Waals surface area contributed by atoms with Gasteiger partial charge in [-0.1, -0.05) is 30.7 Å². The van der Waals surface area contributed by atoms with Gasteiger partial charge in [-0.05, 0) is 42.7 Å². The normalized spacial score (nSPS) is 17.0. The summed E-state index contributed by atoms with van der Waals surface area (Å²) in [5.41, 5.74) is 2.65. The Balaban J connectivity index is 1.48. The van der Waals surface area contributed by atoms with Gasteiger partial charge in [0.2, 0.25) is 5.88 Å². The first-order valence-corrected chi connectivity index (χ1v) is 11.0. The summed E-state index contributed by atoms with van der Waals surface area (Å²) in [6.45, 7) is 1.42. The predicted molar refractivity (Wildman–Crippen MR) is 124 cm³/mol. The highest BCUT2D eigenvalue weighted by Crippen LogP contribution is 2.40. The van der Waals surface area contributed by atoms with Crippen LogP contribution in [0.2, 0.25) is 0 Å². The predicted octanol–water partition coefficient (Wildman–Crippen LogP) is 5.25. The van der Waals surface area contributed by atoms with Crippen LogP contribution in [0.1, 0.15) is 41.2 Å². The fourth-order valence-corrected chi connectivity index (χ4v) is 4.45. The van der Waals surface area contributed by atoms with E-state index < -0.39 is 5.91 Å². The Bertz CT molecular complexity index is 1290. The highest BCUT2D eigenvalue weighted by molar-refractivity contribution is 5.97. The number of azo groups is 1. The van der Waals surface area contributed by atoms with Crippen molar-refractivity contribution in [3.05, 3.63) is 84.4 Å². The van der Waals surface area contributed by atoms with Gasteiger partial charge in [-0.15, -0.1) is 10.2 Å². The van der Waals surface area contributed by atoms with Crippen molar-refractivity contribution in [3.63, 3.8) is 0 Å². The molecule has 4 aromatic rings. The zero-order valence-corrected chi connectivity index (χ0v) is 18.1. The van der Waals surface area contributed by atoms with Crippen molar-refractivity contribution in [2.45, 2.75) is 32.0 Å². The first-order valence-electron chi connectivity index (χ1n) is 11.0. The number of amides is 1. The molecule has 1 fully saturated rings. The summed E-state index contributed by atoms with van der Waals surface area (Å²) >= 11 is 0. The van der Waals surface area contributed by atoms with Crippen molar-refractivity contribution in [3.8, 4) is 5.88 Å². The van der Waals surface area contributed by atoms with E-state index in [-0.39, 0.29) is 17.6 Å². The maximum Gasteiger partial charge on any atom is 0.296 e. The van der Waals surface area contributed by atoms with Crippen molar-refractivity contribution in [2.75, 3.05) is 6.54 Å². The van der Waals surface area contributed by atoms with Crippen molar-refractivity contribution < 1.29 is 9.90 Å². The van der Waals surface area contributed by atoms with Crippen molar-refractivity contribution in [2.24, 2.45) is 10.2 Å². The van der Waals surface area contributed by atoms with Crippen LogP contribution >= 0.6 is 0 Å². The molecule has 5 rings (SSSR count). The standard InChI is InChI=1S/C25H24N6O2/c32-24(19-8-6-13-27-16-19)29-28-23-20-9-1-2-11-22(20)31(25(23)33)17-30-14-4-3-10-21(30)18-7-5-12-26-15-18/h1-2,5-9,11-13,15-16,21,33H,3-4,10,14,17H2/t21-/m0/s1. The Morgan fingerprint density at radius 1 is 1.03 bits per heavy atom. The number of benzene rings is 1. The fourth-order valence-electron chi connectivity index (χ4n) is 4.45. The number of fused-ring (bicyclic) bond motifs is 1. The quantitative estimate of drug-likeness (QED) is 0.428. The molecule has 1 aliphatic heterocycles. The largest absolute Gasteiger partial charge is 0.493 e. The highest BCUT2D eigenvalue weighted by atomic mass is 16.3. The molecule has 1 atom stereocenters. The SMILES string of the molecule is O=C(N=Nc1c(O)n(CN2CCCC[C@H]2c2cccnc2)c2ccccc12)c1cccnc1. The fraction of sp³-hybridized carbons (Fsp3) is 0.240. The van der Waals surface area contributed by atoms with Crippen LogP contribution in [0.15, 0.2) is 83.5 Å². The number of nitrogens with zero attached hydrogens (tertiary/aromatic N) is 6. The van der Waals surface area contributed by atoms with E-state index in [0.29, 0.717) is 12.2 Å². The van der Waals surface area contributed by atoms with Crippen molar-refractivity contribution >= 4 is 22.5 Å². The minimum atomic E-state index is -0.507. The Morgan fingerprint density at radius 2 is 1.85 bits per heavy atom. The molecule has 0 unspecified atom stereocenters. The average molecular weight is 441 g/mol. The van der Waals surface area contributed by atoms with E-state index in [1.807, 2.05) is 41.1 Å². The molecule has 166 valence electrons. The Labute approximate surface area is 191 Å². The lowest BCUT2D eigenvalue weighted by Gasteiger charge is -2.36. The number of para-hydroxylation sites is 1. The van der Waals surface area contributed by atoms with Gasteiger partial charge in [-0.3, -0.25) is 24.2 Å². The Kier molecular flexibility index (Phi) is 5.91. The molecule has 1 aliphatic rings. The summed E-state index contributed by atoms with van der Waals surface area (Å²) in [5.74, 6) is -0.513. The number of piperidine rings is 1. The summed E-state index contributed by atoms with van der Waals surface area (Å²) in [5, 5.41) is 19.9. The number of hydrogen-bond acceptors (Lipinski definition) is 6. The van der Waals surface area contributed by atoms with Gasteiger partial charge in [0, 0.05) is 42.8 Å². The first-order chi connectivity index (χ1) is 16.2. The van der Waals surface area contributed by atoms with Crippen LogP contribution in [0.25, 0.3) is 10.9 Å². The maximum absolute atomic E-state index is 12.4. The summed E-state index contributed by atoms with van der Waals surface area (Å²) in [7, 11) is 0. The Hall–Kier alpha value is -3.91. The number of aromatic nitrogens is 3. The summed E-state index contributed by atoms with van der Waals surface area (Å²) < 4.78 is 1.84. The van der Waals surface area contributed by atoms with E-state index in [9.17, 15) is 9.90 Å². The second kappa shape index (κ2) is 9.30. The minimum Gasteiger partial charge on any atom is -0.493 e. The van der Waals surface area contributed by atoms with E-state index >= 15 is 0 Å². The van der Waals surface area contributed by atoms with E-state index in [4.69, 9.17) is 0 Å². The zero-order valence-electron chi connectivity index (χ0n) is 18.1. The molecule has 1 N–H and O–H groups in total. The van der Waals surface area contributed by atoms with Crippen LogP contribution in [-0.2, 0) is 6.67 Å². The van der Waals surface area contributed by atoms with Crippen LogP contribution < -0.4 is 0 Å². The molecule has 0 radical (unpaired) electrons. The Morgan fingerprint density at radius 3 is 2.64 bits per heavy atom. The molecule has 33 heavy (non-hydrogen) atoms. The molecular formula is C25H24N6O2. The summed E-state index contributed by atoms with van der Waals surface area (Å²) in [6, 6.07) is 15.2. The van der Waals surface area contributed by atoms with Gasteiger partial charge >= 0.3 is 0 Å². The molecule has 0 aliphatic carbocycles. The van der Waals surface area contributed by atoms with Crippen LogP contribution in [0.4, 0.5) is 5.69 Å². The van der Waals surface area contributed by atoms with Gasteiger partial charge in [-0.2, -0.15) is 0 Å². The highest BCUT2D eigenvalue weighted by Gasteiger charge is 2.26. The third-order valence-electron chi connectivity index (χ3n) is 6.07. The zero-order chi connectivity index (χ0) is 22.6. The molecule has 8 heteroatoms. The molecule has 0 bridgehead atoms. The number of rotatable bonds is 5. The van der Waals surface area contributed by atoms with E-state index in [1.54, 1.807) is 24.5 Å². The van der Waals surface area contributed by atoms with Crippen LogP contribution in [0.3, 0.4) is 0 Å². The molecule has 0 spiro atoms. The molecule has 4 heterocycles. The van der Waals surface area contributed by atoms with E-state index in [2.05, 4.69) is 31.2 Å². The van der Waals surface area contributed by atoms with Gasteiger partial charge in [0.25, 0.3) is 5.91 Å². The molecule has 1 saturated heterocycles. The minimum absolute atomic E-state index is 0.00514. The second-order valence-corrected chi connectivity index (χ2v) is 8.12. The smallest absolute Gasteiger partial charge is 0.296 e. The third-order valence-corrected chi connectivity index (χ3v) is 6.07. The van der Waals surface area contributed by atoms with Gasteiger partial charge in [0.05, 0.1) is 17.7 Å². The van der Waals surface area contributed by atoms with Gasteiger partial charge in [0.1, 0.15) is 0 Å². The number of carbonyl (C=O) groups is 1. The van der Waals surface area contributed by atoms with Gasteiger partial charge in [0.15, 0.2) is 5.69 Å². The topological polar surface area (TPSA) is 96.0 Å². The van der Waals surface area contributed by atoms with Crippen molar-refractivity contribution in [1.29, 1.82) is 0 Å². The molecule has 8 nitrogen and oxygen atoms in total. The number of aromatic hydroxyl groups is 1. The first kappa shape index (κ1) is 21.0. The summed E-state index contributed by atoms with van der Waals surface area (Å²) in [4.78, 5) is 23.0. The molecule has 3 aromatic heterocycles. The number of hydrogen-bond donors (Lipinski definition) is 1. The van der Waals surface area contributed by atoms with E-state index in [0.717, 1.165) is 36.7 Å². The number of carbonyl (C=O) groups excluding carboxylic acids is 1. The van der Waals surface area contributed by atoms with Crippen molar-refractivity contribution in [1.82, 2.24) is 19.4 Å². The number of pyridine rings is 2.